The molecule has 0 fully saturated rings. The van der Waals surface area contributed by atoms with E-state index in [1.54, 1.807) is 6.20 Å². The normalized spacial score (nSPS) is 14.1. The first-order valence-corrected chi connectivity index (χ1v) is 14.1. The van der Waals surface area contributed by atoms with Gasteiger partial charge >= 0.3 is 5.97 Å². The van der Waals surface area contributed by atoms with Gasteiger partial charge in [0.25, 0.3) is 0 Å². The van der Waals surface area contributed by atoms with Gasteiger partial charge in [-0.3, -0.25) is 9.78 Å². The molecule has 1 heterocycles. The van der Waals surface area contributed by atoms with Gasteiger partial charge in [0.05, 0.1) is 12.5 Å². The first-order chi connectivity index (χ1) is 13.9. The lowest BCUT2D eigenvalue weighted by Crippen LogP contribution is -2.40. The van der Waals surface area contributed by atoms with Gasteiger partial charge in [-0.2, -0.15) is 0 Å². The van der Waals surface area contributed by atoms with Crippen LogP contribution in [0, 0.1) is 11.3 Å². The molecule has 1 atom stereocenters. The van der Waals surface area contributed by atoms with Gasteiger partial charge in [0.15, 0.2) is 8.32 Å². The van der Waals surface area contributed by atoms with Crippen molar-refractivity contribution in [2.45, 2.75) is 84.9 Å². The number of hydrogen-bond donors (Lipinski definition) is 0. The first-order valence-electron chi connectivity index (χ1n) is 11.2. The number of aromatic nitrogens is 1. The number of rotatable bonds is 12. The molecule has 1 aromatic rings. The van der Waals surface area contributed by atoms with Crippen molar-refractivity contribution in [2.75, 3.05) is 13.7 Å². The minimum absolute atomic E-state index is 0.134. The number of carbonyl (C=O) groups excluding carboxylic acids is 1. The van der Waals surface area contributed by atoms with Gasteiger partial charge in [-0.1, -0.05) is 51.8 Å². The number of allylic oxidation sites excluding steroid dienone is 1. The molecule has 4 nitrogen and oxygen atoms in total. The van der Waals surface area contributed by atoms with E-state index in [9.17, 15) is 4.79 Å². The van der Waals surface area contributed by atoms with Crippen LogP contribution in [-0.2, 0) is 14.0 Å². The number of unbranched alkanes of at least 4 members (excludes halogenated alkanes) is 1. The number of ether oxygens (including phenoxy) is 1. The topological polar surface area (TPSA) is 48.4 Å². The minimum atomic E-state index is -1.68. The van der Waals surface area contributed by atoms with E-state index in [1.165, 1.54) is 7.11 Å². The molecule has 0 bridgehead atoms. The summed E-state index contributed by atoms with van der Waals surface area (Å²) in [5.74, 6) is 0.296. The molecule has 1 aromatic heterocycles. The zero-order valence-corrected chi connectivity index (χ0v) is 21.5. The first kappa shape index (κ1) is 26.6. The van der Waals surface area contributed by atoms with Crippen LogP contribution in [0.3, 0.4) is 0 Å². The molecule has 1 unspecified atom stereocenters. The Bertz CT molecular complexity index is 663. The van der Waals surface area contributed by atoms with Crippen molar-refractivity contribution in [3.63, 3.8) is 0 Å². The molecule has 0 aromatic carbocycles. The second kappa shape index (κ2) is 11.8. The molecular weight excluding hydrogens is 390 g/mol. The third-order valence-electron chi connectivity index (χ3n) is 6.28. The van der Waals surface area contributed by atoms with Crippen molar-refractivity contribution in [3.05, 3.63) is 36.2 Å². The Morgan fingerprint density at radius 2 is 1.90 bits per heavy atom. The number of hydrogen-bond acceptors (Lipinski definition) is 4. The molecule has 1 rings (SSSR count). The standard InChI is InChI=1S/C25H43NO3Si/c1-24(2,3)30(7,8)29-18-10-9-13-21(19-25(4,5)23(27)28-6)14-11-15-22-16-12-17-26-20-22/h11-12,15-17,20-21H,9-10,13-14,18-19H2,1-8H3. The zero-order chi connectivity index (χ0) is 22.8. The van der Waals surface area contributed by atoms with Crippen LogP contribution in [0.25, 0.3) is 6.08 Å². The number of methoxy groups -OCH3 is 1. The highest BCUT2D eigenvalue weighted by Crippen LogP contribution is 2.37. The number of carbonyl (C=O) groups is 1. The minimum Gasteiger partial charge on any atom is -0.469 e. The Morgan fingerprint density at radius 1 is 1.20 bits per heavy atom. The van der Waals surface area contributed by atoms with Crippen molar-refractivity contribution in [1.29, 1.82) is 0 Å². The molecule has 170 valence electrons. The highest BCUT2D eigenvalue weighted by molar-refractivity contribution is 6.74. The zero-order valence-electron chi connectivity index (χ0n) is 20.5. The summed E-state index contributed by atoms with van der Waals surface area (Å²) in [5, 5.41) is 0.247. The summed E-state index contributed by atoms with van der Waals surface area (Å²) in [6, 6.07) is 4.00. The van der Waals surface area contributed by atoms with Crippen LogP contribution >= 0.6 is 0 Å². The largest absolute Gasteiger partial charge is 0.469 e. The van der Waals surface area contributed by atoms with E-state index in [4.69, 9.17) is 9.16 Å². The highest BCUT2D eigenvalue weighted by Gasteiger charge is 2.37. The smallest absolute Gasteiger partial charge is 0.311 e. The lowest BCUT2D eigenvalue weighted by molar-refractivity contribution is -0.151. The predicted molar refractivity (Wildman–Crippen MR) is 129 cm³/mol. The maximum absolute atomic E-state index is 12.2. The van der Waals surface area contributed by atoms with Crippen molar-refractivity contribution in [1.82, 2.24) is 4.98 Å². The summed E-state index contributed by atoms with van der Waals surface area (Å²) >= 11 is 0. The van der Waals surface area contributed by atoms with Crippen LogP contribution in [-0.4, -0.2) is 33.0 Å². The van der Waals surface area contributed by atoms with Crippen LogP contribution in [0.5, 0.6) is 0 Å². The fourth-order valence-electron chi connectivity index (χ4n) is 3.33. The Hall–Kier alpha value is -1.46. The van der Waals surface area contributed by atoms with Crippen molar-refractivity contribution in [3.8, 4) is 0 Å². The molecule has 0 aliphatic heterocycles. The summed E-state index contributed by atoms with van der Waals surface area (Å²) in [6.45, 7) is 16.2. The van der Waals surface area contributed by atoms with Gasteiger partial charge in [-0.25, -0.2) is 0 Å². The second-order valence-corrected chi connectivity index (χ2v) is 15.3. The van der Waals surface area contributed by atoms with Gasteiger partial charge in [0.2, 0.25) is 0 Å². The molecule has 0 amide bonds. The average Bonchev–Trinajstić information content (AvgIpc) is 2.66. The summed E-state index contributed by atoms with van der Waals surface area (Å²) < 4.78 is 11.3. The Balaban J connectivity index is 2.62. The van der Waals surface area contributed by atoms with Crippen LogP contribution in [0.2, 0.25) is 18.1 Å². The Morgan fingerprint density at radius 3 is 2.47 bits per heavy atom. The van der Waals surface area contributed by atoms with E-state index in [1.807, 2.05) is 26.1 Å². The SMILES string of the molecule is COC(=O)C(C)(C)CC(CC=Cc1cccnc1)CCCCO[Si](C)(C)C(C)(C)C. The van der Waals surface area contributed by atoms with Crippen molar-refractivity contribution in [2.24, 2.45) is 11.3 Å². The van der Waals surface area contributed by atoms with Gasteiger partial charge in [0.1, 0.15) is 0 Å². The molecule has 0 spiro atoms. The van der Waals surface area contributed by atoms with Gasteiger partial charge < -0.3 is 9.16 Å². The maximum atomic E-state index is 12.2. The van der Waals surface area contributed by atoms with E-state index in [2.05, 4.69) is 57.1 Å². The number of esters is 1. The van der Waals surface area contributed by atoms with E-state index in [0.717, 1.165) is 44.3 Å². The van der Waals surface area contributed by atoms with E-state index in [0.29, 0.717) is 5.92 Å². The third-order valence-corrected chi connectivity index (χ3v) is 10.8. The molecule has 0 N–H and O–H groups in total. The molecule has 0 aliphatic rings. The van der Waals surface area contributed by atoms with E-state index in [-0.39, 0.29) is 11.0 Å². The van der Waals surface area contributed by atoms with Crippen LogP contribution in [0.15, 0.2) is 30.6 Å². The summed E-state index contributed by atoms with van der Waals surface area (Å²) in [4.78, 5) is 16.3. The third kappa shape index (κ3) is 9.13. The summed E-state index contributed by atoms with van der Waals surface area (Å²) in [6.07, 6.45) is 13.0. The molecule has 30 heavy (non-hydrogen) atoms. The second-order valence-electron chi connectivity index (χ2n) is 10.5. The van der Waals surface area contributed by atoms with E-state index >= 15 is 0 Å². The van der Waals surface area contributed by atoms with Gasteiger partial charge in [-0.05, 0) is 68.8 Å². The average molecular weight is 434 g/mol. The monoisotopic (exact) mass is 433 g/mol. The molecule has 5 heteroatoms. The quantitative estimate of drug-likeness (QED) is 0.205. The maximum Gasteiger partial charge on any atom is 0.311 e. The molecule has 0 radical (unpaired) electrons. The number of nitrogens with zero attached hydrogens (tertiary/aromatic N) is 1. The lowest BCUT2D eigenvalue weighted by atomic mass is 9.79. The van der Waals surface area contributed by atoms with Gasteiger partial charge in [-0.15, -0.1) is 0 Å². The Labute approximate surface area is 185 Å². The van der Waals surface area contributed by atoms with Crippen molar-refractivity contribution < 1.29 is 14.0 Å². The molecular formula is C25H43NO3Si. The van der Waals surface area contributed by atoms with Crippen molar-refractivity contribution >= 4 is 20.4 Å². The van der Waals surface area contributed by atoms with Crippen LogP contribution in [0.4, 0.5) is 0 Å². The fourth-order valence-corrected chi connectivity index (χ4v) is 4.42. The molecule has 0 saturated heterocycles. The molecule has 0 aliphatic carbocycles. The Kier molecular flexibility index (Phi) is 10.5. The lowest BCUT2D eigenvalue weighted by Gasteiger charge is -2.36. The fraction of sp³-hybridized carbons (Fsp3) is 0.680. The summed E-state index contributed by atoms with van der Waals surface area (Å²) in [5.41, 5.74) is 0.630. The highest BCUT2D eigenvalue weighted by atomic mass is 28.4. The van der Waals surface area contributed by atoms with Gasteiger partial charge in [0, 0.05) is 19.0 Å². The van der Waals surface area contributed by atoms with Crippen LogP contribution < -0.4 is 0 Å². The number of pyridine rings is 1. The molecule has 0 saturated carbocycles. The predicted octanol–water partition coefficient (Wildman–Crippen LogP) is 6.88. The van der Waals surface area contributed by atoms with Crippen LogP contribution in [0.1, 0.15) is 72.3 Å². The summed E-state index contributed by atoms with van der Waals surface area (Å²) in [7, 11) is -0.205. The van der Waals surface area contributed by atoms with E-state index < -0.39 is 13.7 Å².